The Morgan fingerprint density at radius 3 is 0.926 bits per heavy atom. The smallest absolute Gasteiger partial charge is 0.0780 e. The average Bonchev–Trinajstić information content (AvgIpc) is 2.53. The second-order valence-corrected chi connectivity index (χ2v) is 9.66. The molecule has 0 spiro atoms. The van der Waals surface area contributed by atoms with E-state index >= 15 is 0 Å². The molecular formula is C24H55ClN2. The first-order valence-corrected chi connectivity index (χ1v) is 11.7. The van der Waals surface area contributed by atoms with Gasteiger partial charge in [0.05, 0.1) is 27.7 Å². The van der Waals surface area contributed by atoms with Crippen LogP contribution in [0.5, 0.6) is 0 Å². The fourth-order valence-corrected chi connectivity index (χ4v) is 3.13. The van der Waals surface area contributed by atoms with E-state index in [-0.39, 0.29) is 12.4 Å². The van der Waals surface area contributed by atoms with Gasteiger partial charge in [0.25, 0.3) is 0 Å². The molecule has 0 heterocycles. The normalized spacial score (nSPS) is 11.1. The Morgan fingerprint density at radius 1 is 0.481 bits per heavy atom. The SMILES string of the molecule is CCCCCCCCCCCCCCCCCC[N+](C)(C)C.CN(C)C.[Cl-]. The van der Waals surface area contributed by atoms with Gasteiger partial charge < -0.3 is 21.8 Å². The molecule has 2 nitrogen and oxygen atoms in total. The quantitative estimate of drug-likeness (QED) is 0.259. The summed E-state index contributed by atoms with van der Waals surface area (Å²) in [5, 5.41) is 0. The highest BCUT2D eigenvalue weighted by atomic mass is 35.5. The van der Waals surface area contributed by atoms with Crippen LogP contribution in [0.15, 0.2) is 0 Å². The lowest BCUT2D eigenvalue weighted by atomic mass is 10.0. The Bertz CT molecular complexity index is 247. The van der Waals surface area contributed by atoms with Crippen molar-refractivity contribution in [1.82, 2.24) is 4.90 Å². The largest absolute Gasteiger partial charge is 1.00 e. The van der Waals surface area contributed by atoms with Crippen molar-refractivity contribution in [3.8, 4) is 0 Å². The van der Waals surface area contributed by atoms with Crippen molar-refractivity contribution >= 4 is 0 Å². The van der Waals surface area contributed by atoms with Crippen molar-refractivity contribution in [2.45, 2.75) is 110 Å². The first-order valence-electron chi connectivity index (χ1n) is 11.7. The monoisotopic (exact) mass is 406 g/mol. The van der Waals surface area contributed by atoms with Gasteiger partial charge in [0.2, 0.25) is 0 Å². The van der Waals surface area contributed by atoms with E-state index in [4.69, 9.17) is 0 Å². The van der Waals surface area contributed by atoms with Crippen molar-refractivity contribution in [3.63, 3.8) is 0 Å². The Balaban J connectivity index is -0.00000104. The van der Waals surface area contributed by atoms with E-state index < -0.39 is 0 Å². The van der Waals surface area contributed by atoms with Crippen LogP contribution in [0.1, 0.15) is 110 Å². The molecule has 27 heavy (non-hydrogen) atoms. The number of rotatable bonds is 17. The minimum absolute atomic E-state index is 0. The van der Waals surface area contributed by atoms with Crippen LogP contribution in [-0.4, -0.2) is 58.2 Å². The molecule has 3 heteroatoms. The van der Waals surface area contributed by atoms with E-state index in [0.29, 0.717) is 0 Å². The Hall–Kier alpha value is 0.210. The standard InChI is InChI=1S/C21H46N.C3H9N.ClH/c1-5-6-7-8-9-10-11-12-13-14-15-16-17-18-19-20-21-22(2,3)4;1-4(2)3;/h5-21H2,1-4H3;1-3H3;1H/q+1;;/p-1. The predicted molar refractivity (Wildman–Crippen MR) is 122 cm³/mol. The molecule has 0 radical (unpaired) electrons. The summed E-state index contributed by atoms with van der Waals surface area (Å²) >= 11 is 0. The zero-order valence-electron chi connectivity index (χ0n) is 20.3. The lowest BCUT2D eigenvalue weighted by molar-refractivity contribution is -0.870. The highest BCUT2D eigenvalue weighted by Crippen LogP contribution is 2.13. The highest BCUT2D eigenvalue weighted by Gasteiger charge is 2.04. The van der Waals surface area contributed by atoms with Crippen LogP contribution in [-0.2, 0) is 0 Å². The molecule has 0 unspecified atom stereocenters. The second-order valence-electron chi connectivity index (χ2n) is 9.66. The van der Waals surface area contributed by atoms with Gasteiger partial charge in [0.1, 0.15) is 0 Å². The molecule has 0 rings (SSSR count). The van der Waals surface area contributed by atoms with Crippen LogP contribution >= 0.6 is 0 Å². The number of quaternary nitrogens is 1. The molecule has 0 amide bonds. The summed E-state index contributed by atoms with van der Waals surface area (Å²) in [6, 6.07) is 0. The Morgan fingerprint density at radius 2 is 0.704 bits per heavy atom. The molecule has 0 aliphatic rings. The summed E-state index contributed by atoms with van der Waals surface area (Å²) in [7, 11) is 12.9. The van der Waals surface area contributed by atoms with Crippen LogP contribution in [0, 0.1) is 0 Å². The molecule has 0 aliphatic heterocycles. The molecule has 0 fully saturated rings. The summed E-state index contributed by atoms with van der Waals surface area (Å²) in [5.41, 5.74) is 0. The molecule has 168 valence electrons. The maximum atomic E-state index is 2.30. The van der Waals surface area contributed by atoms with Gasteiger partial charge in [-0.25, -0.2) is 0 Å². The fraction of sp³-hybridized carbons (Fsp3) is 1.00. The predicted octanol–water partition coefficient (Wildman–Crippen LogP) is 4.14. The summed E-state index contributed by atoms with van der Waals surface area (Å²) < 4.78 is 1.12. The maximum Gasteiger partial charge on any atom is 0.0780 e. The topological polar surface area (TPSA) is 3.24 Å². The van der Waals surface area contributed by atoms with Crippen molar-refractivity contribution in [1.29, 1.82) is 0 Å². The summed E-state index contributed by atoms with van der Waals surface area (Å²) in [5.74, 6) is 0. The van der Waals surface area contributed by atoms with Gasteiger partial charge in [-0.05, 0) is 34.0 Å². The molecule has 0 atom stereocenters. The molecule has 0 aromatic carbocycles. The van der Waals surface area contributed by atoms with Crippen molar-refractivity contribution in [2.24, 2.45) is 0 Å². The minimum atomic E-state index is 0. The molecule has 0 aliphatic carbocycles. The highest BCUT2D eigenvalue weighted by molar-refractivity contribution is 4.49. The summed E-state index contributed by atoms with van der Waals surface area (Å²) in [6.07, 6.45) is 23.4. The number of unbranched alkanes of at least 4 members (excludes halogenated alkanes) is 15. The van der Waals surface area contributed by atoms with E-state index in [2.05, 4.69) is 28.1 Å². The molecule has 0 aromatic rings. The van der Waals surface area contributed by atoms with Crippen molar-refractivity contribution < 1.29 is 16.9 Å². The van der Waals surface area contributed by atoms with E-state index in [9.17, 15) is 0 Å². The fourth-order valence-electron chi connectivity index (χ4n) is 3.13. The summed E-state index contributed by atoms with van der Waals surface area (Å²) in [4.78, 5) is 2.00. The Labute approximate surface area is 180 Å². The Kier molecular flexibility index (Phi) is 28.6. The van der Waals surface area contributed by atoms with Gasteiger partial charge in [-0.1, -0.05) is 96.8 Å². The van der Waals surface area contributed by atoms with E-state index in [1.165, 1.54) is 109 Å². The van der Waals surface area contributed by atoms with Crippen LogP contribution in [0.3, 0.4) is 0 Å². The van der Waals surface area contributed by atoms with E-state index in [0.717, 1.165) is 4.48 Å². The lowest BCUT2D eigenvalue weighted by Crippen LogP contribution is -3.00. The van der Waals surface area contributed by atoms with E-state index in [1.54, 1.807) is 0 Å². The van der Waals surface area contributed by atoms with Crippen LogP contribution in [0.25, 0.3) is 0 Å². The lowest BCUT2D eigenvalue weighted by Gasteiger charge is -2.23. The van der Waals surface area contributed by atoms with Gasteiger partial charge in [-0.2, -0.15) is 0 Å². The minimum Gasteiger partial charge on any atom is -1.00 e. The first-order chi connectivity index (χ1) is 12.3. The third-order valence-corrected chi connectivity index (χ3v) is 4.68. The second kappa shape index (κ2) is 24.2. The van der Waals surface area contributed by atoms with Gasteiger partial charge in [-0.3, -0.25) is 0 Å². The number of hydrogen-bond acceptors (Lipinski definition) is 1. The zero-order valence-corrected chi connectivity index (χ0v) is 21.0. The van der Waals surface area contributed by atoms with Crippen LogP contribution < -0.4 is 12.4 Å². The molecule has 0 saturated heterocycles. The van der Waals surface area contributed by atoms with Gasteiger partial charge in [0.15, 0.2) is 0 Å². The molecule has 0 saturated carbocycles. The number of halogens is 1. The van der Waals surface area contributed by atoms with E-state index in [1.807, 2.05) is 26.0 Å². The molecule has 0 bridgehead atoms. The molecular weight excluding hydrogens is 352 g/mol. The third kappa shape index (κ3) is 41.6. The van der Waals surface area contributed by atoms with Crippen molar-refractivity contribution in [3.05, 3.63) is 0 Å². The molecule has 0 aromatic heterocycles. The average molecular weight is 407 g/mol. The van der Waals surface area contributed by atoms with Gasteiger partial charge in [0, 0.05) is 0 Å². The van der Waals surface area contributed by atoms with Gasteiger partial charge in [-0.15, -0.1) is 0 Å². The summed E-state index contributed by atoms with van der Waals surface area (Å²) in [6.45, 7) is 3.63. The van der Waals surface area contributed by atoms with Crippen LogP contribution in [0.4, 0.5) is 0 Å². The van der Waals surface area contributed by atoms with Crippen molar-refractivity contribution in [2.75, 3.05) is 48.8 Å². The van der Waals surface area contributed by atoms with Gasteiger partial charge >= 0.3 is 0 Å². The first kappa shape index (κ1) is 31.9. The van der Waals surface area contributed by atoms with Crippen LogP contribution in [0.2, 0.25) is 0 Å². The maximum absolute atomic E-state index is 2.30. The molecule has 0 N–H and O–H groups in total. The number of nitrogens with zero attached hydrogens (tertiary/aromatic N) is 2. The zero-order chi connectivity index (χ0) is 20.1. The third-order valence-electron chi connectivity index (χ3n) is 4.68. The number of hydrogen-bond donors (Lipinski definition) is 0.